The van der Waals surface area contributed by atoms with Crippen LogP contribution in [0.15, 0.2) is 59.5 Å². The number of hydrogen-bond acceptors (Lipinski definition) is 7. The summed E-state index contributed by atoms with van der Waals surface area (Å²) in [5, 5.41) is 14.0. The number of carbonyl (C=O) groups is 2. The molecule has 2 saturated heterocycles. The van der Waals surface area contributed by atoms with E-state index in [0.717, 1.165) is 18.5 Å². The second-order valence-electron chi connectivity index (χ2n) is 10.9. The molecule has 1 N–H and O–H groups in total. The molecule has 40 heavy (non-hydrogen) atoms. The molecule has 2 aromatic rings. The highest BCUT2D eigenvalue weighted by Crippen LogP contribution is 2.40. The van der Waals surface area contributed by atoms with Gasteiger partial charge in [-0.2, -0.15) is 4.31 Å². The van der Waals surface area contributed by atoms with Gasteiger partial charge in [0, 0.05) is 37.5 Å². The first-order chi connectivity index (χ1) is 19.2. The molecular weight excluding hydrogens is 534 g/mol. The third-order valence-corrected chi connectivity index (χ3v) is 10.4. The van der Waals surface area contributed by atoms with Gasteiger partial charge in [-0.15, -0.1) is 0 Å². The number of hydrogen-bond donors (Lipinski definition) is 1. The molecule has 2 amide bonds. The first kappa shape index (κ1) is 28.0. The molecule has 1 saturated carbocycles. The number of para-hydroxylation sites is 1. The summed E-state index contributed by atoms with van der Waals surface area (Å²) < 4.78 is 28.0. The van der Waals surface area contributed by atoms with Gasteiger partial charge in [0.25, 0.3) is 5.69 Å². The summed E-state index contributed by atoms with van der Waals surface area (Å²) in [6, 6.07) is 14.3. The molecule has 11 nitrogen and oxygen atoms in total. The Hall–Kier alpha value is -3.51. The highest BCUT2D eigenvalue weighted by Gasteiger charge is 2.55. The van der Waals surface area contributed by atoms with E-state index in [1.165, 1.54) is 47.8 Å². The zero-order valence-electron chi connectivity index (χ0n) is 22.4. The summed E-state index contributed by atoms with van der Waals surface area (Å²) >= 11 is 0. The van der Waals surface area contributed by atoms with Crippen LogP contribution in [0.3, 0.4) is 0 Å². The molecule has 2 aromatic carbocycles. The summed E-state index contributed by atoms with van der Waals surface area (Å²) in [4.78, 5) is 40.7. The fourth-order valence-corrected chi connectivity index (χ4v) is 7.63. The van der Waals surface area contributed by atoms with Crippen molar-refractivity contribution in [1.29, 1.82) is 0 Å². The number of nitrogens with one attached hydrogen (secondary N) is 1. The number of amides is 2. The van der Waals surface area contributed by atoms with Gasteiger partial charge in [0.2, 0.25) is 21.8 Å². The molecule has 0 atom stereocenters. The second kappa shape index (κ2) is 11.5. The minimum Gasteiger partial charge on any atom is -0.354 e. The molecule has 214 valence electrons. The molecule has 2 aliphatic heterocycles. The Labute approximate surface area is 234 Å². The average molecular weight is 570 g/mol. The van der Waals surface area contributed by atoms with Crippen molar-refractivity contribution in [3.63, 3.8) is 0 Å². The van der Waals surface area contributed by atoms with Crippen LogP contribution in [-0.2, 0) is 19.6 Å². The van der Waals surface area contributed by atoms with Crippen molar-refractivity contribution in [2.24, 2.45) is 5.92 Å². The highest BCUT2D eigenvalue weighted by atomic mass is 32.2. The molecule has 1 aliphatic carbocycles. The third-order valence-electron chi connectivity index (χ3n) is 8.46. The Balaban J connectivity index is 1.30. The van der Waals surface area contributed by atoms with Crippen LogP contribution in [0.5, 0.6) is 0 Å². The molecule has 0 bridgehead atoms. The maximum absolute atomic E-state index is 13.9. The van der Waals surface area contributed by atoms with Gasteiger partial charge in [0.05, 0.1) is 16.5 Å². The smallest absolute Gasteiger partial charge is 0.269 e. The minimum atomic E-state index is -3.90. The van der Waals surface area contributed by atoms with E-state index in [9.17, 15) is 28.1 Å². The van der Waals surface area contributed by atoms with Gasteiger partial charge in [-0.25, -0.2) is 8.42 Å². The van der Waals surface area contributed by atoms with Crippen molar-refractivity contribution in [2.75, 3.05) is 37.7 Å². The first-order valence-corrected chi connectivity index (χ1v) is 15.3. The maximum Gasteiger partial charge on any atom is 0.269 e. The van der Waals surface area contributed by atoms with Gasteiger partial charge >= 0.3 is 0 Å². The summed E-state index contributed by atoms with van der Waals surface area (Å²) in [7, 11) is -3.90. The number of rotatable bonds is 8. The predicted molar refractivity (Wildman–Crippen MR) is 149 cm³/mol. The quantitative estimate of drug-likeness (QED) is 0.381. The Kier molecular flexibility index (Phi) is 8.09. The van der Waals surface area contributed by atoms with Crippen molar-refractivity contribution >= 4 is 33.2 Å². The molecule has 3 fully saturated rings. The van der Waals surface area contributed by atoms with Gasteiger partial charge in [-0.1, -0.05) is 37.5 Å². The maximum atomic E-state index is 13.9. The summed E-state index contributed by atoms with van der Waals surface area (Å²) in [6.07, 6.45) is 6.38. The van der Waals surface area contributed by atoms with E-state index in [1.54, 1.807) is 4.90 Å². The van der Waals surface area contributed by atoms with Gasteiger partial charge in [0.1, 0.15) is 12.1 Å². The topological polar surface area (TPSA) is 133 Å². The lowest BCUT2D eigenvalue weighted by molar-refractivity contribution is -0.384. The van der Waals surface area contributed by atoms with E-state index >= 15 is 0 Å². The lowest BCUT2D eigenvalue weighted by Gasteiger charge is -2.42. The molecule has 12 heteroatoms. The summed E-state index contributed by atoms with van der Waals surface area (Å²) in [6.45, 7) is 1.05. The van der Waals surface area contributed by atoms with Crippen LogP contribution in [-0.4, -0.2) is 72.7 Å². The molecule has 1 spiro atoms. The molecule has 2 heterocycles. The normalized spacial score (nSPS) is 20.1. The zero-order chi connectivity index (χ0) is 28.3. The Morgan fingerprint density at radius 2 is 1.65 bits per heavy atom. The van der Waals surface area contributed by atoms with Crippen LogP contribution >= 0.6 is 0 Å². The lowest BCUT2D eigenvalue weighted by Crippen LogP contribution is -2.57. The molecule has 0 unspecified atom stereocenters. The number of nitrogens with zero attached hydrogens (tertiary/aromatic N) is 4. The monoisotopic (exact) mass is 569 g/mol. The number of carbonyl (C=O) groups excluding carboxylic acids is 2. The average Bonchev–Trinajstić information content (AvgIpc) is 3.23. The number of benzene rings is 2. The van der Waals surface area contributed by atoms with Crippen LogP contribution in [0.2, 0.25) is 0 Å². The van der Waals surface area contributed by atoms with Crippen LogP contribution in [0.25, 0.3) is 0 Å². The fraction of sp³-hybridized carbons (Fsp3) is 0.500. The largest absolute Gasteiger partial charge is 0.354 e. The number of nitro benzene ring substituents is 1. The van der Waals surface area contributed by atoms with Crippen molar-refractivity contribution < 1.29 is 22.9 Å². The summed E-state index contributed by atoms with van der Waals surface area (Å²) in [5.41, 5.74) is -0.311. The molecular formula is C28H35N5O6S. The highest BCUT2D eigenvalue weighted by molar-refractivity contribution is 7.89. The van der Waals surface area contributed by atoms with Gasteiger partial charge in [-0.3, -0.25) is 19.7 Å². The molecule has 0 aromatic heterocycles. The van der Waals surface area contributed by atoms with E-state index < -0.39 is 20.5 Å². The van der Waals surface area contributed by atoms with E-state index in [2.05, 4.69) is 5.32 Å². The number of sulfonamides is 1. The number of piperidine rings is 1. The van der Waals surface area contributed by atoms with Gasteiger partial charge in [0.15, 0.2) is 0 Å². The van der Waals surface area contributed by atoms with Crippen LogP contribution in [0.1, 0.15) is 44.9 Å². The summed E-state index contributed by atoms with van der Waals surface area (Å²) in [5.74, 6) is 0.139. The van der Waals surface area contributed by atoms with E-state index in [0.29, 0.717) is 12.5 Å². The standard InChI is InChI=1S/C28H35N5O6S/c34-26(29-19-22-7-3-1-4-8-22)20-30-21-32(23-9-5-2-6-10-23)28(27(30)35)15-17-31(18-16-28)40(38,39)25-13-11-24(12-14-25)33(36)37/h2,5-6,9-14,22H,1,3-4,7-8,15-21H2,(H,29,34). The minimum absolute atomic E-state index is 0.0250. The molecule has 3 aliphatic rings. The predicted octanol–water partition coefficient (Wildman–Crippen LogP) is 3.12. The molecule has 5 rings (SSSR count). The van der Waals surface area contributed by atoms with E-state index in [4.69, 9.17) is 0 Å². The van der Waals surface area contributed by atoms with Crippen molar-refractivity contribution in [3.05, 3.63) is 64.7 Å². The fourth-order valence-electron chi connectivity index (χ4n) is 6.19. The zero-order valence-corrected chi connectivity index (χ0v) is 23.2. The Morgan fingerprint density at radius 1 is 1.00 bits per heavy atom. The van der Waals surface area contributed by atoms with Crippen molar-refractivity contribution in [1.82, 2.24) is 14.5 Å². The SMILES string of the molecule is O=C(CN1CN(c2ccccc2)C2(CCN(S(=O)(=O)c3ccc([N+](=O)[O-])cc3)CC2)C1=O)NCC1CCCCC1. The Morgan fingerprint density at radius 3 is 2.27 bits per heavy atom. The van der Waals surface area contributed by atoms with E-state index in [-0.39, 0.29) is 61.5 Å². The lowest BCUT2D eigenvalue weighted by atomic mass is 9.86. The van der Waals surface area contributed by atoms with Gasteiger partial charge < -0.3 is 15.1 Å². The number of anilines is 1. The van der Waals surface area contributed by atoms with Crippen LogP contribution in [0.4, 0.5) is 11.4 Å². The first-order valence-electron chi connectivity index (χ1n) is 13.8. The third kappa shape index (κ3) is 5.55. The van der Waals surface area contributed by atoms with Crippen molar-refractivity contribution in [2.45, 2.75) is 55.4 Å². The van der Waals surface area contributed by atoms with Crippen LogP contribution < -0.4 is 10.2 Å². The van der Waals surface area contributed by atoms with Crippen molar-refractivity contribution in [3.8, 4) is 0 Å². The Bertz CT molecular complexity index is 1340. The number of nitro groups is 1. The van der Waals surface area contributed by atoms with E-state index in [1.807, 2.05) is 35.2 Å². The molecule has 0 radical (unpaired) electrons. The number of non-ortho nitro benzene ring substituents is 1. The van der Waals surface area contributed by atoms with Crippen LogP contribution in [0, 0.1) is 16.0 Å². The van der Waals surface area contributed by atoms with Gasteiger partial charge in [-0.05, 0) is 55.9 Å². The second-order valence-corrected chi connectivity index (χ2v) is 12.8.